The maximum absolute atomic E-state index is 12.1. The van der Waals surface area contributed by atoms with Gasteiger partial charge in [-0.3, -0.25) is 9.78 Å². The number of rotatable bonds is 4. The Morgan fingerprint density at radius 2 is 1.84 bits per heavy atom. The van der Waals surface area contributed by atoms with Crippen molar-refractivity contribution in [1.29, 1.82) is 0 Å². The summed E-state index contributed by atoms with van der Waals surface area (Å²) in [5.41, 5.74) is 7.70. The molecule has 0 radical (unpaired) electrons. The second-order valence-corrected chi connectivity index (χ2v) is 4.40. The average molecular weight is 255 g/mol. The lowest BCUT2D eigenvalue weighted by Gasteiger charge is -2.17. The molecule has 4 heteroatoms. The highest BCUT2D eigenvalue weighted by atomic mass is 16.2. The van der Waals surface area contributed by atoms with Gasteiger partial charge >= 0.3 is 0 Å². The molecule has 0 bridgehead atoms. The summed E-state index contributed by atoms with van der Waals surface area (Å²) in [4.78, 5) is 16.1. The zero-order valence-corrected chi connectivity index (χ0v) is 10.8. The summed E-state index contributed by atoms with van der Waals surface area (Å²) < 4.78 is 0. The highest BCUT2D eigenvalue weighted by Crippen LogP contribution is 2.14. The van der Waals surface area contributed by atoms with Crippen molar-refractivity contribution < 1.29 is 4.79 Å². The lowest BCUT2D eigenvalue weighted by Crippen LogP contribution is -2.35. The maximum atomic E-state index is 12.1. The van der Waals surface area contributed by atoms with E-state index in [9.17, 15) is 4.79 Å². The van der Waals surface area contributed by atoms with Gasteiger partial charge in [0.25, 0.3) is 0 Å². The molecule has 19 heavy (non-hydrogen) atoms. The van der Waals surface area contributed by atoms with Crippen LogP contribution in [0.4, 0.5) is 0 Å². The number of nitrogens with one attached hydrogen (secondary N) is 1. The Morgan fingerprint density at radius 3 is 2.47 bits per heavy atom. The van der Waals surface area contributed by atoms with E-state index in [0.717, 1.165) is 11.1 Å². The summed E-state index contributed by atoms with van der Waals surface area (Å²) in [5.74, 6) is -0.192. The smallest absolute Gasteiger partial charge is 0.241 e. The number of benzene rings is 1. The van der Waals surface area contributed by atoms with E-state index in [1.54, 1.807) is 12.4 Å². The zero-order valence-electron chi connectivity index (χ0n) is 10.8. The predicted octanol–water partition coefficient (Wildman–Crippen LogP) is 1.96. The van der Waals surface area contributed by atoms with Gasteiger partial charge in [0.2, 0.25) is 5.91 Å². The standard InChI is InChI=1S/C15H17N3O/c1-11(13-8-5-9-17-10-13)18-15(19)14(16)12-6-3-2-4-7-12/h2-11,14H,16H2,1H3,(H,18,19)/t11-,14?/m0/s1. The molecule has 0 fully saturated rings. The maximum Gasteiger partial charge on any atom is 0.241 e. The number of hydrogen-bond acceptors (Lipinski definition) is 3. The fourth-order valence-electron chi connectivity index (χ4n) is 1.83. The van der Waals surface area contributed by atoms with E-state index in [-0.39, 0.29) is 11.9 Å². The van der Waals surface area contributed by atoms with Crippen molar-refractivity contribution in [3.63, 3.8) is 0 Å². The van der Waals surface area contributed by atoms with Crippen LogP contribution in [0.25, 0.3) is 0 Å². The number of hydrogen-bond donors (Lipinski definition) is 2. The third-order valence-electron chi connectivity index (χ3n) is 2.98. The van der Waals surface area contributed by atoms with Gasteiger partial charge in [0.05, 0.1) is 6.04 Å². The minimum Gasteiger partial charge on any atom is -0.348 e. The molecule has 0 aliphatic heterocycles. The Labute approximate surface area is 112 Å². The van der Waals surface area contributed by atoms with Crippen LogP contribution in [0.5, 0.6) is 0 Å². The van der Waals surface area contributed by atoms with E-state index in [0.29, 0.717) is 0 Å². The lowest BCUT2D eigenvalue weighted by molar-refractivity contribution is -0.123. The first-order chi connectivity index (χ1) is 9.18. The van der Waals surface area contributed by atoms with Crippen molar-refractivity contribution in [3.05, 3.63) is 66.0 Å². The molecule has 2 rings (SSSR count). The number of pyridine rings is 1. The molecule has 0 aliphatic carbocycles. The third-order valence-corrected chi connectivity index (χ3v) is 2.98. The molecule has 1 unspecified atom stereocenters. The molecule has 0 aliphatic rings. The molecule has 0 saturated carbocycles. The van der Waals surface area contributed by atoms with Crippen molar-refractivity contribution in [1.82, 2.24) is 10.3 Å². The molecule has 98 valence electrons. The fraction of sp³-hybridized carbons (Fsp3) is 0.200. The summed E-state index contributed by atoms with van der Waals surface area (Å²) in [6.07, 6.45) is 3.44. The number of nitrogens with two attached hydrogens (primary N) is 1. The van der Waals surface area contributed by atoms with Crippen molar-refractivity contribution in [3.8, 4) is 0 Å². The van der Waals surface area contributed by atoms with Crippen LogP contribution in [0.1, 0.15) is 30.1 Å². The molecular weight excluding hydrogens is 238 g/mol. The van der Waals surface area contributed by atoms with Crippen LogP contribution >= 0.6 is 0 Å². The fourth-order valence-corrected chi connectivity index (χ4v) is 1.83. The second kappa shape index (κ2) is 6.11. The van der Waals surface area contributed by atoms with Gasteiger partial charge in [-0.1, -0.05) is 36.4 Å². The van der Waals surface area contributed by atoms with Gasteiger partial charge < -0.3 is 11.1 Å². The van der Waals surface area contributed by atoms with Gasteiger partial charge in [-0.05, 0) is 24.1 Å². The summed E-state index contributed by atoms with van der Waals surface area (Å²) in [6, 6.07) is 12.3. The molecular formula is C15H17N3O. The van der Waals surface area contributed by atoms with E-state index in [2.05, 4.69) is 10.3 Å². The van der Waals surface area contributed by atoms with Crippen molar-refractivity contribution >= 4 is 5.91 Å². The SMILES string of the molecule is C[C@H](NC(=O)C(N)c1ccccc1)c1cccnc1. The first kappa shape index (κ1) is 13.2. The normalized spacial score (nSPS) is 13.6. The molecule has 1 heterocycles. The Balaban J connectivity index is 2.02. The Hall–Kier alpha value is -2.20. The number of nitrogens with zero attached hydrogens (tertiary/aromatic N) is 1. The van der Waals surface area contributed by atoms with Crippen LogP contribution in [-0.4, -0.2) is 10.9 Å². The van der Waals surface area contributed by atoms with Crippen LogP contribution in [0, 0.1) is 0 Å². The first-order valence-electron chi connectivity index (χ1n) is 6.19. The van der Waals surface area contributed by atoms with E-state index < -0.39 is 6.04 Å². The van der Waals surface area contributed by atoms with Crippen LogP contribution in [-0.2, 0) is 4.79 Å². The molecule has 0 saturated heterocycles. The minimum absolute atomic E-state index is 0.115. The van der Waals surface area contributed by atoms with Crippen LogP contribution < -0.4 is 11.1 Å². The number of aromatic nitrogens is 1. The third kappa shape index (κ3) is 3.39. The van der Waals surface area contributed by atoms with E-state index in [1.165, 1.54) is 0 Å². The number of amides is 1. The largest absolute Gasteiger partial charge is 0.348 e. The summed E-state index contributed by atoms with van der Waals surface area (Å²) >= 11 is 0. The van der Waals surface area contributed by atoms with Gasteiger partial charge in [-0.25, -0.2) is 0 Å². The lowest BCUT2D eigenvalue weighted by atomic mass is 10.1. The molecule has 3 N–H and O–H groups in total. The van der Waals surface area contributed by atoms with Crippen LogP contribution in [0.3, 0.4) is 0 Å². The predicted molar refractivity (Wildman–Crippen MR) is 74.2 cm³/mol. The topological polar surface area (TPSA) is 68.0 Å². The van der Waals surface area contributed by atoms with E-state index in [4.69, 9.17) is 5.73 Å². The molecule has 1 amide bonds. The molecule has 2 aromatic rings. The first-order valence-corrected chi connectivity index (χ1v) is 6.19. The molecule has 1 aromatic carbocycles. The zero-order chi connectivity index (χ0) is 13.7. The summed E-state index contributed by atoms with van der Waals surface area (Å²) in [5, 5.41) is 2.89. The van der Waals surface area contributed by atoms with Gasteiger partial charge in [0.15, 0.2) is 0 Å². The van der Waals surface area contributed by atoms with Gasteiger partial charge in [0, 0.05) is 12.4 Å². The Bertz CT molecular complexity index is 528. The molecule has 0 spiro atoms. The van der Waals surface area contributed by atoms with Gasteiger partial charge in [0.1, 0.15) is 6.04 Å². The van der Waals surface area contributed by atoms with Crippen LogP contribution in [0.15, 0.2) is 54.9 Å². The number of carbonyl (C=O) groups excluding carboxylic acids is 1. The average Bonchev–Trinajstić information content (AvgIpc) is 2.48. The summed E-state index contributed by atoms with van der Waals surface area (Å²) in [6.45, 7) is 1.91. The van der Waals surface area contributed by atoms with Crippen molar-refractivity contribution in [2.45, 2.75) is 19.0 Å². The monoisotopic (exact) mass is 255 g/mol. The van der Waals surface area contributed by atoms with Crippen molar-refractivity contribution in [2.75, 3.05) is 0 Å². The minimum atomic E-state index is -0.652. The van der Waals surface area contributed by atoms with Gasteiger partial charge in [-0.2, -0.15) is 0 Å². The molecule has 4 nitrogen and oxygen atoms in total. The van der Waals surface area contributed by atoms with Crippen molar-refractivity contribution in [2.24, 2.45) is 5.73 Å². The summed E-state index contributed by atoms with van der Waals surface area (Å²) in [7, 11) is 0. The number of carbonyl (C=O) groups is 1. The quantitative estimate of drug-likeness (QED) is 0.877. The highest BCUT2D eigenvalue weighted by molar-refractivity contribution is 5.83. The van der Waals surface area contributed by atoms with Crippen LogP contribution in [0.2, 0.25) is 0 Å². The molecule has 1 aromatic heterocycles. The van der Waals surface area contributed by atoms with E-state index in [1.807, 2.05) is 49.4 Å². The highest BCUT2D eigenvalue weighted by Gasteiger charge is 2.17. The second-order valence-electron chi connectivity index (χ2n) is 4.40. The Morgan fingerprint density at radius 1 is 1.16 bits per heavy atom. The molecule has 2 atom stereocenters. The Kier molecular flexibility index (Phi) is 4.26. The van der Waals surface area contributed by atoms with Gasteiger partial charge in [-0.15, -0.1) is 0 Å². The van der Waals surface area contributed by atoms with E-state index >= 15 is 0 Å².